The highest BCUT2D eigenvalue weighted by Crippen LogP contribution is 2.39. The molecule has 0 heterocycles. The lowest BCUT2D eigenvalue weighted by Crippen LogP contribution is -2.08. The molecule has 5 nitrogen and oxygen atoms in total. The lowest BCUT2D eigenvalue weighted by Gasteiger charge is -2.17. The van der Waals surface area contributed by atoms with Crippen LogP contribution in [-0.2, 0) is 23.0 Å². The Kier molecular flexibility index (Phi) is 23.5. The summed E-state index contributed by atoms with van der Waals surface area (Å²) in [5, 5.41) is 0. The van der Waals surface area contributed by atoms with Crippen LogP contribution in [0.3, 0.4) is 0 Å². The van der Waals surface area contributed by atoms with E-state index >= 15 is 0 Å². The fraction of sp³-hybridized carbons (Fsp3) is 1.00. The maximum atomic E-state index is 5.81. The van der Waals surface area contributed by atoms with Crippen LogP contribution >= 0.6 is 8.60 Å². The number of unbranched alkanes of at least 4 members (excludes halogenated alkanes) is 7. The lowest BCUT2D eigenvalue weighted by molar-refractivity contribution is 0.0638. The largest absolute Gasteiger partial charge is 0.379 e. The highest BCUT2D eigenvalue weighted by Gasteiger charge is 2.12. The van der Waals surface area contributed by atoms with Crippen molar-refractivity contribution in [1.29, 1.82) is 0 Å². The molecule has 0 amide bonds. The molecule has 0 saturated heterocycles. The quantitative estimate of drug-likeness (QED) is 0.160. The van der Waals surface area contributed by atoms with Gasteiger partial charge in [0.2, 0.25) is 0 Å². The number of ether oxygens (including phenoxy) is 2. The van der Waals surface area contributed by atoms with E-state index in [1.807, 2.05) is 0 Å². The summed E-state index contributed by atoms with van der Waals surface area (Å²) < 4.78 is 28.3. The van der Waals surface area contributed by atoms with Gasteiger partial charge in [0.15, 0.2) is 0 Å². The summed E-state index contributed by atoms with van der Waals surface area (Å²) >= 11 is 0. The van der Waals surface area contributed by atoms with Crippen molar-refractivity contribution in [3.05, 3.63) is 0 Å². The van der Waals surface area contributed by atoms with Crippen LogP contribution in [0.2, 0.25) is 0 Å². The van der Waals surface area contributed by atoms with Gasteiger partial charge in [0, 0.05) is 13.2 Å². The SMILES string of the molecule is CCCCCCCCOP(OCCOCCCC)OCCOCCCC. The zero-order valence-electron chi connectivity index (χ0n) is 17.5. The first-order chi connectivity index (χ1) is 12.8. The van der Waals surface area contributed by atoms with Crippen molar-refractivity contribution in [3.8, 4) is 0 Å². The maximum Gasteiger partial charge on any atom is 0.332 e. The third-order valence-corrected chi connectivity index (χ3v) is 5.01. The molecule has 0 rings (SSSR count). The van der Waals surface area contributed by atoms with E-state index in [4.69, 9.17) is 23.0 Å². The molecule has 0 aromatic carbocycles. The molecule has 0 saturated carbocycles. The fourth-order valence-electron chi connectivity index (χ4n) is 2.17. The zero-order valence-corrected chi connectivity index (χ0v) is 18.4. The van der Waals surface area contributed by atoms with Gasteiger partial charge in [-0.05, 0) is 19.3 Å². The minimum Gasteiger partial charge on any atom is -0.379 e. The molecule has 0 unspecified atom stereocenters. The van der Waals surface area contributed by atoms with Crippen LogP contribution in [0, 0.1) is 0 Å². The second-order valence-corrected chi connectivity index (χ2v) is 7.64. The van der Waals surface area contributed by atoms with Gasteiger partial charge < -0.3 is 23.0 Å². The maximum absolute atomic E-state index is 5.81. The monoisotopic (exact) mass is 394 g/mol. The van der Waals surface area contributed by atoms with E-state index in [9.17, 15) is 0 Å². The van der Waals surface area contributed by atoms with Crippen LogP contribution < -0.4 is 0 Å². The Labute approximate surface area is 163 Å². The summed E-state index contributed by atoms with van der Waals surface area (Å²) in [6.07, 6.45) is 12.0. The smallest absolute Gasteiger partial charge is 0.332 e. The van der Waals surface area contributed by atoms with E-state index in [1.54, 1.807) is 0 Å². The zero-order chi connectivity index (χ0) is 19.1. The highest BCUT2D eigenvalue weighted by atomic mass is 31.2. The first-order valence-corrected chi connectivity index (χ1v) is 11.8. The third kappa shape index (κ3) is 20.5. The van der Waals surface area contributed by atoms with E-state index < -0.39 is 8.60 Å². The van der Waals surface area contributed by atoms with Gasteiger partial charge in [-0.3, -0.25) is 0 Å². The Morgan fingerprint density at radius 3 is 1.42 bits per heavy atom. The average Bonchev–Trinajstić information content (AvgIpc) is 2.65. The number of hydrogen-bond acceptors (Lipinski definition) is 5. The Bertz CT molecular complexity index is 240. The molecule has 6 heteroatoms. The summed E-state index contributed by atoms with van der Waals surface area (Å²) in [5.74, 6) is 0. The molecule has 0 atom stereocenters. The van der Waals surface area contributed by atoms with Crippen molar-refractivity contribution in [2.24, 2.45) is 0 Å². The van der Waals surface area contributed by atoms with Gasteiger partial charge in [0.05, 0.1) is 33.0 Å². The minimum absolute atomic E-state index is 0.516. The third-order valence-electron chi connectivity index (χ3n) is 3.83. The number of hydrogen-bond donors (Lipinski definition) is 0. The number of rotatable bonds is 22. The average molecular weight is 395 g/mol. The summed E-state index contributed by atoms with van der Waals surface area (Å²) in [7, 11) is -1.30. The fourth-order valence-corrected chi connectivity index (χ4v) is 3.12. The van der Waals surface area contributed by atoms with E-state index in [0.29, 0.717) is 33.0 Å². The Balaban J connectivity index is 3.77. The van der Waals surface area contributed by atoms with Crippen LogP contribution in [0.4, 0.5) is 0 Å². The summed E-state index contributed by atoms with van der Waals surface area (Å²) in [4.78, 5) is 0. The topological polar surface area (TPSA) is 46.2 Å². The highest BCUT2D eigenvalue weighted by molar-refractivity contribution is 7.41. The summed E-state index contributed by atoms with van der Waals surface area (Å²) in [6.45, 7) is 11.1. The molecular formula is C20H43O5P. The molecule has 0 aromatic rings. The molecule has 0 spiro atoms. The van der Waals surface area contributed by atoms with Crippen LogP contribution in [0.25, 0.3) is 0 Å². The molecule has 0 radical (unpaired) electrons. The van der Waals surface area contributed by atoms with Crippen molar-refractivity contribution in [2.45, 2.75) is 85.0 Å². The molecule has 0 aliphatic rings. The molecule has 0 bridgehead atoms. The summed E-state index contributed by atoms with van der Waals surface area (Å²) in [6, 6.07) is 0. The molecule has 158 valence electrons. The first kappa shape index (κ1) is 26.2. The molecule has 0 aliphatic heterocycles. The predicted octanol–water partition coefficient (Wildman–Crippen LogP) is 6.26. The first-order valence-electron chi connectivity index (χ1n) is 10.7. The van der Waals surface area contributed by atoms with Gasteiger partial charge in [-0.15, -0.1) is 0 Å². The van der Waals surface area contributed by atoms with Gasteiger partial charge in [-0.2, -0.15) is 0 Å². The Morgan fingerprint density at radius 1 is 0.423 bits per heavy atom. The second-order valence-electron chi connectivity index (χ2n) is 6.42. The van der Waals surface area contributed by atoms with Crippen LogP contribution in [-0.4, -0.2) is 46.2 Å². The molecule has 0 aliphatic carbocycles. The van der Waals surface area contributed by atoms with Crippen molar-refractivity contribution in [2.75, 3.05) is 46.2 Å². The van der Waals surface area contributed by atoms with Gasteiger partial charge >= 0.3 is 8.60 Å². The molecular weight excluding hydrogens is 351 g/mol. The summed E-state index contributed by atoms with van der Waals surface area (Å²) in [5.41, 5.74) is 0. The second kappa shape index (κ2) is 23.3. The van der Waals surface area contributed by atoms with Crippen LogP contribution in [0.15, 0.2) is 0 Å². The van der Waals surface area contributed by atoms with Crippen molar-refractivity contribution >= 4 is 8.60 Å². The van der Waals surface area contributed by atoms with Gasteiger partial charge in [-0.1, -0.05) is 65.7 Å². The molecule has 0 N–H and O–H groups in total. The van der Waals surface area contributed by atoms with E-state index in [0.717, 1.165) is 45.3 Å². The van der Waals surface area contributed by atoms with E-state index in [1.165, 1.54) is 32.1 Å². The Morgan fingerprint density at radius 2 is 0.885 bits per heavy atom. The molecule has 0 fully saturated rings. The van der Waals surface area contributed by atoms with Crippen molar-refractivity contribution in [1.82, 2.24) is 0 Å². The Hall–Kier alpha value is 0.230. The van der Waals surface area contributed by atoms with Crippen LogP contribution in [0.5, 0.6) is 0 Å². The standard InChI is InChI=1S/C20H43O5P/c1-4-7-10-11-12-13-16-23-26(24-19-17-21-14-8-5-2)25-20-18-22-15-9-6-3/h4-20H2,1-3H3. The van der Waals surface area contributed by atoms with E-state index in [-0.39, 0.29) is 0 Å². The lowest BCUT2D eigenvalue weighted by atomic mass is 10.1. The normalized spacial score (nSPS) is 11.5. The van der Waals surface area contributed by atoms with Crippen molar-refractivity contribution in [3.63, 3.8) is 0 Å². The van der Waals surface area contributed by atoms with Crippen LogP contribution in [0.1, 0.15) is 85.0 Å². The van der Waals surface area contributed by atoms with Crippen molar-refractivity contribution < 1.29 is 23.0 Å². The molecule has 26 heavy (non-hydrogen) atoms. The van der Waals surface area contributed by atoms with Gasteiger partial charge in [-0.25, -0.2) is 0 Å². The predicted molar refractivity (Wildman–Crippen MR) is 110 cm³/mol. The molecule has 0 aromatic heterocycles. The van der Waals surface area contributed by atoms with Gasteiger partial charge in [0.25, 0.3) is 0 Å². The van der Waals surface area contributed by atoms with Gasteiger partial charge in [0.1, 0.15) is 0 Å². The van der Waals surface area contributed by atoms with E-state index in [2.05, 4.69) is 20.8 Å². The minimum atomic E-state index is -1.30.